The van der Waals surface area contributed by atoms with Gasteiger partial charge in [-0.1, -0.05) is 12.1 Å². The fourth-order valence-corrected chi connectivity index (χ4v) is 4.03. The number of nitrogens with one attached hydrogen (secondary N) is 1. The molecule has 0 saturated heterocycles. The smallest absolute Gasteiger partial charge is 0.338 e. The van der Waals surface area contributed by atoms with Crippen LogP contribution in [0.2, 0.25) is 0 Å². The molecular weight excluding hydrogens is 369 g/mol. The van der Waals surface area contributed by atoms with E-state index in [2.05, 4.69) is 5.32 Å². The first-order valence-electron chi connectivity index (χ1n) is 8.16. The van der Waals surface area contributed by atoms with Crippen molar-refractivity contribution in [3.63, 3.8) is 0 Å². The standard InChI is InChI=1S/C20H18FNO4S/c1-11-12(20(24)26-3)6-4-8-15(11)22-19(23)18-13(10-25-2)17-14(21)7-5-9-16(17)27-18/h4-9H,10H2,1-3H3,(H,22,23). The SMILES string of the molecule is COCc1c(C(=O)Nc2cccc(C(=O)OC)c2C)sc2cccc(F)c12. The molecule has 0 saturated carbocycles. The van der Waals surface area contributed by atoms with Crippen LogP contribution in [-0.4, -0.2) is 26.1 Å². The molecule has 5 nitrogen and oxygen atoms in total. The van der Waals surface area contributed by atoms with E-state index in [-0.39, 0.29) is 12.5 Å². The molecule has 0 atom stereocenters. The Bertz CT molecular complexity index is 1030. The molecule has 0 unspecified atom stereocenters. The lowest BCUT2D eigenvalue weighted by Gasteiger charge is -2.11. The minimum Gasteiger partial charge on any atom is -0.465 e. The van der Waals surface area contributed by atoms with E-state index in [1.165, 1.54) is 31.6 Å². The topological polar surface area (TPSA) is 64.6 Å². The van der Waals surface area contributed by atoms with Gasteiger partial charge in [0.2, 0.25) is 0 Å². The van der Waals surface area contributed by atoms with Crippen molar-refractivity contribution in [2.45, 2.75) is 13.5 Å². The summed E-state index contributed by atoms with van der Waals surface area (Å²) in [4.78, 5) is 25.1. The fraction of sp³-hybridized carbons (Fsp3) is 0.200. The number of halogens is 1. The van der Waals surface area contributed by atoms with Crippen molar-refractivity contribution in [2.24, 2.45) is 0 Å². The van der Waals surface area contributed by atoms with Crippen molar-refractivity contribution in [3.05, 3.63) is 63.8 Å². The lowest BCUT2D eigenvalue weighted by molar-refractivity contribution is 0.0599. The van der Waals surface area contributed by atoms with E-state index < -0.39 is 11.8 Å². The molecule has 0 radical (unpaired) electrons. The first-order chi connectivity index (χ1) is 13.0. The van der Waals surface area contributed by atoms with Crippen molar-refractivity contribution in [2.75, 3.05) is 19.5 Å². The quantitative estimate of drug-likeness (QED) is 0.653. The maximum absolute atomic E-state index is 14.3. The summed E-state index contributed by atoms with van der Waals surface area (Å²) in [6, 6.07) is 9.72. The van der Waals surface area contributed by atoms with E-state index in [4.69, 9.17) is 9.47 Å². The van der Waals surface area contributed by atoms with Crippen LogP contribution in [0, 0.1) is 12.7 Å². The number of thiophene rings is 1. The third-order valence-electron chi connectivity index (χ3n) is 4.25. The van der Waals surface area contributed by atoms with Gasteiger partial charge < -0.3 is 14.8 Å². The summed E-state index contributed by atoms with van der Waals surface area (Å²) in [6.45, 7) is 1.84. The number of ether oxygens (including phenoxy) is 2. The Kier molecular flexibility index (Phi) is 5.53. The molecule has 1 amide bonds. The number of fused-ring (bicyclic) bond motifs is 1. The minimum absolute atomic E-state index is 0.116. The largest absolute Gasteiger partial charge is 0.465 e. The van der Waals surface area contributed by atoms with E-state index in [9.17, 15) is 14.0 Å². The second-order valence-corrected chi connectivity index (χ2v) is 6.93. The Labute approximate surface area is 159 Å². The summed E-state index contributed by atoms with van der Waals surface area (Å²) in [5.74, 6) is -1.25. The highest BCUT2D eigenvalue weighted by Crippen LogP contribution is 2.34. The number of anilines is 1. The number of esters is 1. The zero-order valence-corrected chi connectivity index (χ0v) is 15.9. The number of rotatable bonds is 5. The fourth-order valence-electron chi connectivity index (χ4n) is 2.91. The first kappa shape index (κ1) is 19.0. The summed E-state index contributed by atoms with van der Waals surface area (Å²) >= 11 is 1.20. The maximum Gasteiger partial charge on any atom is 0.338 e. The van der Waals surface area contributed by atoms with Gasteiger partial charge in [0, 0.05) is 28.4 Å². The number of carbonyl (C=O) groups excluding carboxylic acids is 2. The molecule has 1 aromatic heterocycles. The molecule has 0 spiro atoms. The van der Waals surface area contributed by atoms with Crippen molar-refractivity contribution < 1.29 is 23.5 Å². The van der Waals surface area contributed by atoms with Crippen LogP contribution < -0.4 is 5.32 Å². The van der Waals surface area contributed by atoms with E-state index >= 15 is 0 Å². The zero-order valence-electron chi connectivity index (χ0n) is 15.1. The average Bonchev–Trinajstić information content (AvgIpc) is 3.03. The van der Waals surface area contributed by atoms with Crippen LogP contribution >= 0.6 is 11.3 Å². The summed E-state index contributed by atoms with van der Waals surface area (Å²) in [7, 11) is 2.80. The molecule has 1 heterocycles. The highest BCUT2D eigenvalue weighted by atomic mass is 32.1. The summed E-state index contributed by atoms with van der Waals surface area (Å²) in [5.41, 5.74) is 1.96. The van der Waals surface area contributed by atoms with Gasteiger partial charge in [0.1, 0.15) is 5.82 Å². The van der Waals surface area contributed by atoms with Gasteiger partial charge in [0.25, 0.3) is 5.91 Å². The number of amides is 1. The van der Waals surface area contributed by atoms with Crippen LogP contribution in [0.3, 0.4) is 0 Å². The van der Waals surface area contributed by atoms with Crippen molar-refractivity contribution in [1.29, 1.82) is 0 Å². The normalized spacial score (nSPS) is 10.8. The lowest BCUT2D eigenvalue weighted by atomic mass is 10.1. The first-order valence-corrected chi connectivity index (χ1v) is 8.97. The Morgan fingerprint density at radius 2 is 1.89 bits per heavy atom. The second-order valence-electron chi connectivity index (χ2n) is 5.88. The van der Waals surface area contributed by atoms with E-state index in [0.717, 1.165) is 0 Å². The van der Waals surface area contributed by atoms with Crippen molar-refractivity contribution in [1.82, 2.24) is 0 Å². The predicted octanol–water partition coefficient (Wildman–Crippen LogP) is 4.53. The van der Waals surface area contributed by atoms with Crippen molar-refractivity contribution >= 4 is 39.0 Å². The number of carbonyl (C=O) groups is 2. The summed E-state index contributed by atoms with van der Waals surface area (Å²) in [6.07, 6.45) is 0. The molecule has 0 bridgehead atoms. The molecule has 0 aliphatic rings. The molecule has 7 heteroatoms. The molecule has 3 rings (SSSR count). The van der Waals surface area contributed by atoms with Crippen LogP contribution in [-0.2, 0) is 16.1 Å². The number of hydrogen-bond acceptors (Lipinski definition) is 5. The molecule has 27 heavy (non-hydrogen) atoms. The predicted molar refractivity (Wildman–Crippen MR) is 103 cm³/mol. The monoisotopic (exact) mass is 387 g/mol. The molecule has 0 aliphatic carbocycles. The van der Waals surface area contributed by atoms with Crippen molar-refractivity contribution in [3.8, 4) is 0 Å². The van der Waals surface area contributed by atoms with E-state index in [0.29, 0.717) is 37.3 Å². The van der Waals surface area contributed by atoms with Gasteiger partial charge in [0.05, 0.1) is 24.2 Å². The van der Waals surface area contributed by atoms with Crippen LogP contribution in [0.1, 0.15) is 31.2 Å². The highest BCUT2D eigenvalue weighted by molar-refractivity contribution is 7.21. The Balaban J connectivity index is 2.01. The Hall–Kier alpha value is -2.77. The highest BCUT2D eigenvalue weighted by Gasteiger charge is 2.22. The summed E-state index contributed by atoms with van der Waals surface area (Å²) in [5, 5.41) is 3.21. The Morgan fingerprint density at radius 3 is 2.59 bits per heavy atom. The van der Waals surface area contributed by atoms with Crippen LogP contribution in [0.25, 0.3) is 10.1 Å². The maximum atomic E-state index is 14.3. The second kappa shape index (κ2) is 7.85. The number of methoxy groups -OCH3 is 2. The van der Waals surface area contributed by atoms with Gasteiger partial charge in [-0.3, -0.25) is 4.79 Å². The minimum atomic E-state index is -0.479. The molecule has 2 aromatic carbocycles. The van der Waals surface area contributed by atoms with Gasteiger partial charge in [-0.05, 0) is 36.8 Å². The molecule has 140 valence electrons. The van der Waals surface area contributed by atoms with Gasteiger partial charge >= 0.3 is 5.97 Å². The number of benzene rings is 2. The molecular formula is C20H18FNO4S. The third-order valence-corrected chi connectivity index (χ3v) is 5.44. The lowest BCUT2D eigenvalue weighted by Crippen LogP contribution is -2.15. The average molecular weight is 387 g/mol. The van der Waals surface area contributed by atoms with Crippen LogP contribution in [0.4, 0.5) is 10.1 Å². The van der Waals surface area contributed by atoms with Gasteiger partial charge in [-0.25, -0.2) is 9.18 Å². The van der Waals surface area contributed by atoms with Gasteiger partial charge in [-0.2, -0.15) is 0 Å². The molecule has 1 N–H and O–H groups in total. The molecule has 3 aromatic rings. The summed E-state index contributed by atoms with van der Waals surface area (Å²) < 4.78 is 24.9. The third kappa shape index (κ3) is 3.56. The molecule has 0 aliphatic heterocycles. The zero-order chi connectivity index (χ0) is 19.6. The number of hydrogen-bond donors (Lipinski definition) is 1. The van der Waals surface area contributed by atoms with E-state index in [1.807, 2.05) is 0 Å². The van der Waals surface area contributed by atoms with Crippen LogP contribution in [0.5, 0.6) is 0 Å². The van der Waals surface area contributed by atoms with Crippen LogP contribution in [0.15, 0.2) is 36.4 Å². The van der Waals surface area contributed by atoms with E-state index in [1.54, 1.807) is 37.3 Å². The van der Waals surface area contributed by atoms with Gasteiger partial charge in [-0.15, -0.1) is 11.3 Å². The van der Waals surface area contributed by atoms with Gasteiger partial charge in [0.15, 0.2) is 0 Å². The molecule has 0 fully saturated rings. The Morgan fingerprint density at radius 1 is 1.15 bits per heavy atom.